The van der Waals surface area contributed by atoms with E-state index in [1.165, 1.54) is 17.3 Å². The fourth-order valence-electron chi connectivity index (χ4n) is 3.10. The van der Waals surface area contributed by atoms with E-state index in [0.29, 0.717) is 6.54 Å². The highest BCUT2D eigenvalue weighted by molar-refractivity contribution is 5.84. The van der Waals surface area contributed by atoms with Crippen molar-refractivity contribution in [1.82, 2.24) is 19.9 Å². The van der Waals surface area contributed by atoms with Gasteiger partial charge in [-0.15, -0.1) is 5.10 Å². The second-order valence-corrected chi connectivity index (χ2v) is 6.05. The van der Waals surface area contributed by atoms with Crippen molar-refractivity contribution < 1.29 is 19.1 Å². The molecule has 0 bridgehead atoms. The van der Waals surface area contributed by atoms with Gasteiger partial charge in [-0.1, -0.05) is 24.5 Å². The standard InChI is InChI=1S/C16H20N4O4/c21-15(10-19-9-14(16(22)23)17-18-19)20(8-12-6-7-24-11-12)13-4-2-1-3-5-13/h6-7,9,11,13H,1-5,8,10H2,(H,22,23). The summed E-state index contributed by atoms with van der Waals surface area (Å²) in [6, 6.07) is 2.05. The predicted octanol–water partition coefficient (Wildman–Crippen LogP) is 1.93. The molecule has 1 saturated carbocycles. The second-order valence-electron chi connectivity index (χ2n) is 6.05. The summed E-state index contributed by atoms with van der Waals surface area (Å²) in [6.07, 6.45) is 9.92. The highest BCUT2D eigenvalue weighted by atomic mass is 16.4. The van der Waals surface area contributed by atoms with Gasteiger partial charge < -0.3 is 14.4 Å². The molecule has 0 aliphatic heterocycles. The van der Waals surface area contributed by atoms with Crippen LogP contribution in [0.2, 0.25) is 0 Å². The van der Waals surface area contributed by atoms with Crippen LogP contribution in [0.15, 0.2) is 29.2 Å². The van der Waals surface area contributed by atoms with Gasteiger partial charge in [-0.25, -0.2) is 9.48 Å². The van der Waals surface area contributed by atoms with Crippen molar-refractivity contribution in [3.63, 3.8) is 0 Å². The Morgan fingerprint density at radius 1 is 1.33 bits per heavy atom. The fraction of sp³-hybridized carbons (Fsp3) is 0.500. The Balaban J connectivity index is 1.72. The van der Waals surface area contributed by atoms with E-state index in [1.807, 2.05) is 11.0 Å². The highest BCUT2D eigenvalue weighted by Gasteiger charge is 2.26. The van der Waals surface area contributed by atoms with E-state index < -0.39 is 5.97 Å². The van der Waals surface area contributed by atoms with Crippen molar-refractivity contribution in [2.45, 2.75) is 51.2 Å². The van der Waals surface area contributed by atoms with Gasteiger partial charge in [0, 0.05) is 18.2 Å². The molecule has 0 atom stereocenters. The van der Waals surface area contributed by atoms with Crippen molar-refractivity contribution in [3.8, 4) is 0 Å². The number of hydrogen-bond acceptors (Lipinski definition) is 5. The third-order valence-electron chi connectivity index (χ3n) is 4.32. The monoisotopic (exact) mass is 332 g/mol. The van der Waals surface area contributed by atoms with E-state index in [0.717, 1.165) is 31.2 Å². The lowest BCUT2D eigenvalue weighted by atomic mass is 9.94. The van der Waals surface area contributed by atoms with Crippen molar-refractivity contribution >= 4 is 11.9 Å². The van der Waals surface area contributed by atoms with Gasteiger partial charge in [0.2, 0.25) is 5.91 Å². The minimum absolute atomic E-state index is 0.0192. The minimum Gasteiger partial charge on any atom is -0.476 e. The van der Waals surface area contributed by atoms with E-state index in [4.69, 9.17) is 9.52 Å². The zero-order chi connectivity index (χ0) is 16.9. The maximum Gasteiger partial charge on any atom is 0.358 e. The summed E-state index contributed by atoms with van der Waals surface area (Å²) >= 11 is 0. The zero-order valence-electron chi connectivity index (χ0n) is 13.3. The Morgan fingerprint density at radius 3 is 2.75 bits per heavy atom. The fourth-order valence-corrected chi connectivity index (χ4v) is 3.10. The van der Waals surface area contributed by atoms with Gasteiger partial charge in [0.15, 0.2) is 5.69 Å². The first-order valence-corrected chi connectivity index (χ1v) is 8.07. The van der Waals surface area contributed by atoms with Crippen molar-refractivity contribution in [1.29, 1.82) is 0 Å². The first-order chi connectivity index (χ1) is 11.6. The van der Waals surface area contributed by atoms with Crippen LogP contribution in [0.5, 0.6) is 0 Å². The SMILES string of the molecule is O=C(O)c1cn(CC(=O)N(Cc2ccoc2)C2CCCCC2)nn1. The van der Waals surface area contributed by atoms with Gasteiger partial charge in [-0.2, -0.15) is 0 Å². The van der Waals surface area contributed by atoms with Gasteiger partial charge in [-0.05, 0) is 18.9 Å². The van der Waals surface area contributed by atoms with Gasteiger partial charge in [0.1, 0.15) is 6.54 Å². The number of carbonyl (C=O) groups excluding carboxylic acids is 1. The van der Waals surface area contributed by atoms with Crippen LogP contribution < -0.4 is 0 Å². The molecule has 8 nitrogen and oxygen atoms in total. The average molecular weight is 332 g/mol. The number of nitrogens with zero attached hydrogens (tertiary/aromatic N) is 4. The van der Waals surface area contributed by atoms with E-state index in [1.54, 1.807) is 12.5 Å². The van der Waals surface area contributed by atoms with E-state index in [2.05, 4.69) is 10.3 Å². The quantitative estimate of drug-likeness (QED) is 0.867. The first-order valence-electron chi connectivity index (χ1n) is 8.07. The predicted molar refractivity (Wildman–Crippen MR) is 83.1 cm³/mol. The Bertz CT molecular complexity index is 689. The molecule has 1 fully saturated rings. The van der Waals surface area contributed by atoms with Crippen molar-refractivity contribution in [3.05, 3.63) is 36.0 Å². The number of furan rings is 1. The molecule has 8 heteroatoms. The lowest BCUT2D eigenvalue weighted by Gasteiger charge is -2.34. The number of carbonyl (C=O) groups is 2. The Labute approximate surface area is 139 Å². The lowest BCUT2D eigenvalue weighted by molar-refractivity contribution is -0.135. The number of aromatic nitrogens is 3. The van der Waals surface area contributed by atoms with Gasteiger partial charge in [0.25, 0.3) is 0 Å². The van der Waals surface area contributed by atoms with Crippen molar-refractivity contribution in [2.24, 2.45) is 0 Å². The number of hydrogen-bond donors (Lipinski definition) is 1. The van der Waals surface area contributed by atoms with Crippen LogP contribution >= 0.6 is 0 Å². The number of aromatic carboxylic acids is 1. The summed E-state index contributed by atoms with van der Waals surface area (Å²) in [5.74, 6) is -1.25. The summed E-state index contributed by atoms with van der Waals surface area (Å²) < 4.78 is 6.37. The molecule has 1 aliphatic carbocycles. The lowest BCUT2D eigenvalue weighted by Crippen LogP contribution is -2.42. The summed E-state index contributed by atoms with van der Waals surface area (Å²) in [7, 11) is 0. The number of rotatable bonds is 6. The number of carboxylic acids is 1. The molecule has 3 rings (SSSR count). The molecular weight excluding hydrogens is 312 g/mol. The topological polar surface area (TPSA) is 101 Å². The minimum atomic E-state index is -1.16. The zero-order valence-corrected chi connectivity index (χ0v) is 13.3. The van der Waals surface area contributed by atoms with Crippen LogP contribution in [0, 0.1) is 0 Å². The molecule has 1 aliphatic rings. The number of amides is 1. The Hall–Kier alpha value is -2.64. The van der Waals surface area contributed by atoms with Crippen LogP contribution in [0.3, 0.4) is 0 Å². The highest BCUT2D eigenvalue weighted by Crippen LogP contribution is 2.24. The van der Waals surface area contributed by atoms with E-state index >= 15 is 0 Å². The van der Waals surface area contributed by atoms with Crippen LogP contribution in [-0.2, 0) is 17.9 Å². The Kier molecular flexibility index (Phi) is 4.93. The molecule has 0 aromatic carbocycles. The third-order valence-corrected chi connectivity index (χ3v) is 4.32. The second kappa shape index (κ2) is 7.29. The van der Waals surface area contributed by atoms with Crippen LogP contribution in [0.1, 0.15) is 48.2 Å². The average Bonchev–Trinajstić information content (AvgIpc) is 3.25. The number of carboxylic acid groups (broad SMARTS) is 1. The molecule has 2 heterocycles. The largest absolute Gasteiger partial charge is 0.476 e. The van der Waals surface area contributed by atoms with E-state index in [-0.39, 0.29) is 24.2 Å². The molecule has 2 aromatic rings. The summed E-state index contributed by atoms with van der Waals surface area (Å²) in [5.41, 5.74) is 0.778. The molecule has 1 N–H and O–H groups in total. The third kappa shape index (κ3) is 3.81. The first kappa shape index (κ1) is 16.2. The van der Waals surface area contributed by atoms with Crippen molar-refractivity contribution in [2.75, 3.05) is 0 Å². The van der Waals surface area contributed by atoms with Gasteiger partial charge in [0.05, 0.1) is 18.7 Å². The summed E-state index contributed by atoms with van der Waals surface area (Å²) in [6.45, 7) is 0.467. The van der Waals surface area contributed by atoms with Gasteiger partial charge >= 0.3 is 5.97 Å². The normalized spacial score (nSPS) is 15.3. The van der Waals surface area contributed by atoms with Crippen LogP contribution in [0.4, 0.5) is 0 Å². The summed E-state index contributed by atoms with van der Waals surface area (Å²) in [5, 5.41) is 16.2. The molecule has 0 unspecified atom stereocenters. The molecule has 128 valence electrons. The molecule has 0 spiro atoms. The smallest absolute Gasteiger partial charge is 0.358 e. The molecule has 1 amide bonds. The molecule has 0 saturated heterocycles. The molecule has 0 radical (unpaired) electrons. The maximum atomic E-state index is 12.8. The van der Waals surface area contributed by atoms with Crippen LogP contribution in [0.25, 0.3) is 0 Å². The molecule has 24 heavy (non-hydrogen) atoms. The van der Waals surface area contributed by atoms with Gasteiger partial charge in [-0.3, -0.25) is 4.79 Å². The molecule has 2 aromatic heterocycles. The Morgan fingerprint density at radius 2 is 2.12 bits per heavy atom. The molecular formula is C16H20N4O4. The summed E-state index contributed by atoms with van der Waals surface area (Å²) in [4.78, 5) is 25.5. The maximum absolute atomic E-state index is 12.8. The van der Waals surface area contributed by atoms with Crippen LogP contribution in [-0.4, -0.2) is 42.9 Å². The van der Waals surface area contributed by atoms with E-state index in [9.17, 15) is 9.59 Å².